The summed E-state index contributed by atoms with van der Waals surface area (Å²) in [5.41, 5.74) is 2.56. The average molecular weight is 356 g/mol. The number of anilines is 2. The van der Waals surface area contributed by atoms with Crippen LogP contribution in [0.25, 0.3) is 0 Å². The Hall–Kier alpha value is -2.67. The predicted molar refractivity (Wildman–Crippen MR) is 101 cm³/mol. The minimum absolute atomic E-state index is 0.0118. The van der Waals surface area contributed by atoms with E-state index in [4.69, 9.17) is 4.74 Å². The number of amides is 1. The zero-order valence-electron chi connectivity index (χ0n) is 15.1. The van der Waals surface area contributed by atoms with E-state index in [0.717, 1.165) is 29.9 Å². The first-order chi connectivity index (χ1) is 12.6. The number of aromatic nitrogens is 2. The fourth-order valence-corrected chi connectivity index (χ4v) is 3.03. The monoisotopic (exact) mass is 356 g/mol. The number of methoxy groups -OCH3 is 1. The van der Waals surface area contributed by atoms with E-state index in [0.29, 0.717) is 19.7 Å². The highest BCUT2D eigenvalue weighted by atomic mass is 16.5. The number of ether oxygens (including phenoxy) is 1. The topological polar surface area (TPSA) is 76.5 Å². The fraction of sp³-hybridized carbons (Fsp3) is 0.421. The number of nitrogens with one attached hydrogen (secondary N) is 1. The summed E-state index contributed by atoms with van der Waals surface area (Å²) in [5, 5.41) is 7.15. The molecular formula is C19H24N4O3. The molecule has 1 N–H and O–H groups in total. The quantitative estimate of drug-likeness (QED) is 0.852. The first kappa shape index (κ1) is 18.1. The molecule has 1 saturated heterocycles. The Balaban J connectivity index is 1.61. The summed E-state index contributed by atoms with van der Waals surface area (Å²) in [4.78, 5) is 26.6. The number of rotatable bonds is 6. The van der Waals surface area contributed by atoms with Gasteiger partial charge in [-0.2, -0.15) is 5.10 Å². The molecule has 3 rings (SSSR count). The third-order valence-electron chi connectivity index (χ3n) is 4.61. The lowest BCUT2D eigenvalue weighted by Gasteiger charge is -2.18. The standard InChI is InChI=1S/C19H24N4O3/c1-14-3-5-16(6-4-14)21-19(25)15-7-8-22(13-15)17-11-18(24)23(20-12-17)9-10-26-2/h3-6,11-12,15H,7-10,13H2,1-2H3,(H,21,25). The fourth-order valence-electron chi connectivity index (χ4n) is 3.03. The number of aryl methyl sites for hydroxylation is 1. The van der Waals surface area contributed by atoms with Crippen molar-refractivity contribution in [1.82, 2.24) is 9.78 Å². The molecule has 1 fully saturated rings. The van der Waals surface area contributed by atoms with E-state index in [-0.39, 0.29) is 17.4 Å². The second-order valence-corrected chi connectivity index (χ2v) is 6.55. The summed E-state index contributed by atoms with van der Waals surface area (Å²) < 4.78 is 6.35. The number of hydrogen-bond donors (Lipinski definition) is 1. The van der Waals surface area contributed by atoms with Crippen LogP contribution in [0, 0.1) is 12.8 Å². The van der Waals surface area contributed by atoms with Gasteiger partial charge >= 0.3 is 0 Å². The van der Waals surface area contributed by atoms with Gasteiger partial charge in [-0.25, -0.2) is 4.68 Å². The highest BCUT2D eigenvalue weighted by Gasteiger charge is 2.29. The van der Waals surface area contributed by atoms with Crippen molar-refractivity contribution < 1.29 is 9.53 Å². The molecule has 7 heteroatoms. The van der Waals surface area contributed by atoms with Crippen molar-refractivity contribution in [2.45, 2.75) is 19.9 Å². The van der Waals surface area contributed by atoms with Crippen LogP contribution in [0.5, 0.6) is 0 Å². The molecule has 1 unspecified atom stereocenters. The zero-order valence-corrected chi connectivity index (χ0v) is 15.1. The Labute approximate surface area is 152 Å². The van der Waals surface area contributed by atoms with Gasteiger partial charge in [0.2, 0.25) is 5.91 Å². The Morgan fingerprint density at radius 1 is 1.35 bits per heavy atom. The van der Waals surface area contributed by atoms with Crippen molar-refractivity contribution in [2.75, 3.05) is 37.0 Å². The summed E-state index contributed by atoms with van der Waals surface area (Å²) in [5.74, 6) is -0.0926. The van der Waals surface area contributed by atoms with Gasteiger partial charge in [-0.15, -0.1) is 0 Å². The van der Waals surface area contributed by atoms with Gasteiger partial charge in [0.25, 0.3) is 5.56 Å². The van der Waals surface area contributed by atoms with Gasteiger partial charge in [0.1, 0.15) is 0 Å². The first-order valence-electron chi connectivity index (χ1n) is 8.75. The second kappa shape index (κ2) is 8.14. The second-order valence-electron chi connectivity index (χ2n) is 6.55. The minimum atomic E-state index is -0.160. The highest BCUT2D eigenvalue weighted by molar-refractivity contribution is 5.93. The molecule has 7 nitrogen and oxygen atoms in total. The van der Waals surface area contributed by atoms with Crippen LogP contribution in [-0.4, -0.2) is 42.5 Å². The van der Waals surface area contributed by atoms with E-state index < -0.39 is 0 Å². The van der Waals surface area contributed by atoms with Crippen molar-refractivity contribution in [1.29, 1.82) is 0 Å². The molecule has 0 aliphatic carbocycles. The summed E-state index contributed by atoms with van der Waals surface area (Å²) in [6.45, 7) is 4.20. The lowest BCUT2D eigenvalue weighted by atomic mass is 10.1. The van der Waals surface area contributed by atoms with E-state index in [9.17, 15) is 9.59 Å². The molecule has 1 atom stereocenters. The Bertz CT molecular complexity index is 816. The third kappa shape index (κ3) is 4.29. The molecule has 2 heterocycles. The number of hydrogen-bond acceptors (Lipinski definition) is 5. The smallest absolute Gasteiger partial charge is 0.268 e. The maximum atomic E-state index is 12.5. The SMILES string of the molecule is COCCn1ncc(N2CCC(C(=O)Nc3ccc(C)cc3)C2)cc1=O. The molecular weight excluding hydrogens is 332 g/mol. The molecule has 1 aliphatic heterocycles. The van der Waals surface area contributed by atoms with Gasteiger partial charge in [-0.1, -0.05) is 17.7 Å². The van der Waals surface area contributed by atoms with Crippen molar-refractivity contribution in [3.05, 3.63) is 52.4 Å². The molecule has 1 amide bonds. The summed E-state index contributed by atoms with van der Waals surface area (Å²) in [7, 11) is 1.59. The summed E-state index contributed by atoms with van der Waals surface area (Å²) in [6.07, 6.45) is 2.43. The van der Waals surface area contributed by atoms with Crippen molar-refractivity contribution in [3.63, 3.8) is 0 Å². The highest BCUT2D eigenvalue weighted by Crippen LogP contribution is 2.23. The first-order valence-corrected chi connectivity index (χ1v) is 8.75. The molecule has 1 aromatic heterocycles. The van der Waals surface area contributed by atoms with Gasteiger partial charge in [0.15, 0.2) is 0 Å². The Kier molecular flexibility index (Phi) is 5.68. The molecule has 26 heavy (non-hydrogen) atoms. The van der Waals surface area contributed by atoms with E-state index >= 15 is 0 Å². The molecule has 2 aromatic rings. The largest absolute Gasteiger partial charge is 0.383 e. The van der Waals surface area contributed by atoms with Gasteiger partial charge in [0, 0.05) is 32.0 Å². The van der Waals surface area contributed by atoms with Crippen LogP contribution >= 0.6 is 0 Å². The number of benzene rings is 1. The van der Waals surface area contributed by atoms with E-state index in [2.05, 4.69) is 10.4 Å². The predicted octanol–water partition coefficient (Wildman–Crippen LogP) is 1.66. The maximum absolute atomic E-state index is 12.5. The average Bonchev–Trinajstić information content (AvgIpc) is 3.13. The molecule has 0 saturated carbocycles. The van der Waals surface area contributed by atoms with Crippen molar-refractivity contribution in [3.8, 4) is 0 Å². The molecule has 1 aromatic carbocycles. The van der Waals surface area contributed by atoms with E-state index in [1.807, 2.05) is 36.1 Å². The Morgan fingerprint density at radius 2 is 2.12 bits per heavy atom. The number of carbonyl (C=O) groups excluding carboxylic acids is 1. The van der Waals surface area contributed by atoms with Gasteiger partial charge in [0.05, 0.1) is 31.0 Å². The maximum Gasteiger partial charge on any atom is 0.268 e. The molecule has 0 bridgehead atoms. The van der Waals surface area contributed by atoms with Crippen molar-refractivity contribution in [2.24, 2.45) is 5.92 Å². The van der Waals surface area contributed by atoms with Crippen LogP contribution < -0.4 is 15.8 Å². The van der Waals surface area contributed by atoms with Crippen LogP contribution in [0.15, 0.2) is 41.3 Å². The van der Waals surface area contributed by atoms with Crippen LogP contribution in [0.1, 0.15) is 12.0 Å². The van der Waals surface area contributed by atoms with Crippen LogP contribution in [-0.2, 0) is 16.1 Å². The molecule has 0 radical (unpaired) electrons. The van der Waals surface area contributed by atoms with E-state index in [1.165, 1.54) is 4.68 Å². The van der Waals surface area contributed by atoms with Crippen LogP contribution in [0.4, 0.5) is 11.4 Å². The van der Waals surface area contributed by atoms with E-state index in [1.54, 1.807) is 19.4 Å². The van der Waals surface area contributed by atoms with Crippen LogP contribution in [0.3, 0.4) is 0 Å². The molecule has 0 spiro atoms. The van der Waals surface area contributed by atoms with Gasteiger partial charge < -0.3 is 15.0 Å². The van der Waals surface area contributed by atoms with Crippen molar-refractivity contribution >= 4 is 17.3 Å². The normalized spacial score (nSPS) is 16.7. The molecule has 138 valence electrons. The van der Waals surface area contributed by atoms with Crippen LogP contribution in [0.2, 0.25) is 0 Å². The Morgan fingerprint density at radius 3 is 2.81 bits per heavy atom. The van der Waals surface area contributed by atoms with Gasteiger partial charge in [-0.05, 0) is 25.5 Å². The number of nitrogens with zero attached hydrogens (tertiary/aromatic N) is 3. The third-order valence-corrected chi connectivity index (χ3v) is 4.61. The minimum Gasteiger partial charge on any atom is -0.383 e. The zero-order chi connectivity index (χ0) is 18.5. The summed E-state index contributed by atoms with van der Waals surface area (Å²) >= 11 is 0. The molecule has 1 aliphatic rings. The lowest BCUT2D eigenvalue weighted by molar-refractivity contribution is -0.119. The lowest BCUT2D eigenvalue weighted by Crippen LogP contribution is -2.29. The van der Waals surface area contributed by atoms with Gasteiger partial charge in [-0.3, -0.25) is 9.59 Å². The summed E-state index contributed by atoms with van der Waals surface area (Å²) in [6, 6.07) is 9.33. The number of carbonyl (C=O) groups is 1.